The molecule has 1 unspecified atom stereocenters. The van der Waals surface area contributed by atoms with E-state index in [4.69, 9.17) is 5.73 Å². The van der Waals surface area contributed by atoms with Gasteiger partial charge in [-0.05, 0) is 51.2 Å². The van der Waals surface area contributed by atoms with E-state index in [0.717, 1.165) is 19.5 Å². The summed E-state index contributed by atoms with van der Waals surface area (Å²) in [5, 5.41) is 0. The molecular weight excluding hydrogens is 214 g/mol. The van der Waals surface area contributed by atoms with Gasteiger partial charge in [-0.2, -0.15) is 0 Å². The fourth-order valence-electron chi connectivity index (χ4n) is 2.95. The Morgan fingerprint density at radius 2 is 2.00 bits per heavy atom. The lowest BCUT2D eigenvalue weighted by atomic mass is 10.1. The predicted molar refractivity (Wildman–Crippen MR) is 68.6 cm³/mol. The van der Waals surface area contributed by atoms with Crippen molar-refractivity contribution in [3.8, 4) is 0 Å². The van der Waals surface area contributed by atoms with E-state index in [2.05, 4.69) is 4.90 Å². The van der Waals surface area contributed by atoms with Crippen molar-refractivity contribution in [3.63, 3.8) is 0 Å². The van der Waals surface area contributed by atoms with E-state index in [1.807, 2.05) is 4.90 Å². The van der Waals surface area contributed by atoms with Crippen LogP contribution in [-0.2, 0) is 4.79 Å². The third-order valence-corrected chi connectivity index (χ3v) is 3.95. The molecule has 0 aliphatic carbocycles. The molecule has 0 aromatic rings. The van der Waals surface area contributed by atoms with Crippen molar-refractivity contribution >= 4 is 5.91 Å². The van der Waals surface area contributed by atoms with Crippen LogP contribution in [0.5, 0.6) is 0 Å². The van der Waals surface area contributed by atoms with Crippen molar-refractivity contribution in [3.05, 3.63) is 0 Å². The molecule has 1 atom stereocenters. The van der Waals surface area contributed by atoms with Crippen LogP contribution in [0.3, 0.4) is 0 Å². The average molecular weight is 239 g/mol. The second kappa shape index (κ2) is 6.36. The molecule has 1 amide bonds. The third kappa shape index (κ3) is 3.68. The Bertz CT molecular complexity index is 251. The molecule has 98 valence electrons. The van der Waals surface area contributed by atoms with Crippen LogP contribution in [0.2, 0.25) is 0 Å². The highest BCUT2D eigenvalue weighted by molar-refractivity contribution is 5.76. The van der Waals surface area contributed by atoms with E-state index in [-0.39, 0.29) is 0 Å². The Morgan fingerprint density at radius 3 is 2.71 bits per heavy atom. The summed E-state index contributed by atoms with van der Waals surface area (Å²) >= 11 is 0. The molecule has 2 fully saturated rings. The normalized spacial score (nSPS) is 25.7. The summed E-state index contributed by atoms with van der Waals surface area (Å²) in [5.74, 6) is 1.01. The molecule has 17 heavy (non-hydrogen) atoms. The standard InChI is InChI=1S/C13H25N3O/c14-6-3-4-13(17)16-9-5-12(11-16)10-15-7-1-2-8-15/h12H,1-11,14H2. The first-order chi connectivity index (χ1) is 8.29. The number of hydrogen-bond acceptors (Lipinski definition) is 3. The van der Waals surface area contributed by atoms with Crippen LogP contribution in [0.25, 0.3) is 0 Å². The zero-order chi connectivity index (χ0) is 12.1. The maximum absolute atomic E-state index is 11.8. The summed E-state index contributed by atoms with van der Waals surface area (Å²) in [7, 11) is 0. The van der Waals surface area contributed by atoms with Crippen molar-refractivity contribution in [1.82, 2.24) is 9.80 Å². The van der Waals surface area contributed by atoms with E-state index < -0.39 is 0 Å². The summed E-state index contributed by atoms with van der Waals surface area (Å²) in [5.41, 5.74) is 5.43. The van der Waals surface area contributed by atoms with E-state index in [1.54, 1.807) is 0 Å². The predicted octanol–water partition coefficient (Wildman–Crippen LogP) is 0.670. The fraction of sp³-hybridized carbons (Fsp3) is 0.923. The molecule has 2 N–H and O–H groups in total. The molecule has 0 aromatic heterocycles. The Hall–Kier alpha value is -0.610. The second-order valence-electron chi connectivity index (χ2n) is 5.39. The van der Waals surface area contributed by atoms with Crippen molar-refractivity contribution in [2.24, 2.45) is 11.7 Å². The molecular formula is C13H25N3O. The minimum absolute atomic E-state index is 0.305. The SMILES string of the molecule is NCCCC(=O)N1CCC(CN2CCCC2)C1. The highest BCUT2D eigenvalue weighted by atomic mass is 16.2. The first kappa shape index (κ1) is 12.8. The Kier molecular flexibility index (Phi) is 4.80. The second-order valence-corrected chi connectivity index (χ2v) is 5.39. The van der Waals surface area contributed by atoms with Gasteiger partial charge >= 0.3 is 0 Å². The molecule has 2 rings (SSSR count). The number of carbonyl (C=O) groups excluding carboxylic acids is 1. The van der Waals surface area contributed by atoms with Crippen LogP contribution >= 0.6 is 0 Å². The van der Waals surface area contributed by atoms with Gasteiger partial charge < -0.3 is 15.5 Å². The zero-order valence-corrected chi connectivity index (χ0v) is 10.7. The number of nitrogens with two attached hydrogens (primary N) is 1. The fourth-order valence-corrected chi connectivity index (χ4v) is 2.95. The van der Waals surface area contributed by atoms with E-state index in [0.29, 0.717) is 24.8 Å². The summed E-state index contributed by atoms with van der Waals surface area (Å²) in [6.45, 7) is 6.27. The number of nitrogens with zero attached hydrogens (tertiary/aromatic N) is 2. The maximum atomic E-state index is 11.8. The maximum Gasteiger partial charge on any atom is 0.222 e. The van der Waals surface area contributed by atoms with Gasteiger partial charge in [0.1, 0.15) is 0 Å². The lowest BCUT2D eigenvalue weighted by molar-refractivity contribution is -0.130. The molecule has 0 spiro atoms. The number of likely N-dealkylation sites (tertiary alicyclic amines) is 2. The molecule has 2 aliphatic rings. The molecule has 0 radical (unpaired) electrons. The highest BCUT2D eigenvalue weighted by Gasteiger charge is 2.27. The number of hydrogen-bond donors (Lipinski definition) is 1. The highest BCUT2D eigenvalue weighted by Crippen LogP contribution is 2.20. The van der Waals surface area contributed by atoms with Gasteiger partial charge in [-0.15, -0.1) is 0 Å². The quantitative estimate of drug-likeness (QED) is 0.767. The largest absolute Gasteiger partial charge is 0.342 e. The third-order valence-electron chi connectivity index (χ3n) is 3.95. The number of carbonyl (C=O) groups is 1. The van der Waals surface area contributed by atoms with Crippen molar-refractivity contribution in [1.29, 1.82) is 0 Å². The van der Waals surface area contributed by atoms with Crippen LogP contribution in [0.15, 0.2) is 0 Å². The van der Waals surface area contributed by atoms with Crippen LogP contribution < -0.4 is 5.73 Å². The molecule has 0 bridgehead atoms. The van der Waals surface area contributed by atoms with Gasteiger partial charge in [-0.1, -0.05) is 0 Å². The lowest BCUT2D eigenvalue weighted by Gasteiger charge is -2.20. The molecule has 2 saturated heterocycles. The summed E-state index contributed by atoms with van der Waals surface area (Å²) in [4.78, 5) is 16.4. The summed E-state index contributed by atoms with van der Waals surface area (Å²) in [6.07, 6.45) is 5.35. The van der Waals surface area contributed by atoms with Crippen LogP contribution in [0, 0.1) is 5.92 Å². The molecule has 2 heterocycles. The number of rotatable bonds is 5. The molecule has 0 saturated carbocycles. The van der Waals surface area contributed by atoms with Gasteiger partial charge in [-0.25, -0.2) is 0 Å². The Labute approximate surface area is 104 Å². The Morgan fingerprint density at radius 1 is 1.24 bits per heavy atom. The van der Waals surface area contributed by atoms with E-state index in [9.17, 15) is 4.79 Å². The molecule has 4 heteroatoms. The monoisotopic (exact) mass is 239 g/mol. The number of amides is 1. The van der Waals surface area contributed by atoms with E-state index >= 15 is 0 Å². The van der Waals surface area contributed by atoms with Crippen LogP contribution in [0.4, 0.5) is 0 Å². The van der Waals surface area contributed by atoms with Gasteiger partial charge in [0.15, 0.2) is 0 Å². The van der Waals surface area contributed by atoms with Gasteiger partial charge in [-0.3, -0.25) is 4.79 Å². The van der Waals surface area contributed by atoms with Crippen molar-refractivity contribution in [2.75, 3.05) is 39.3 Å². The van der Waals surface area contributed by atoms with Gasteiger partial charge in [0.05, 0.1) is 0 Å². The minimum atomic E-state index is 0.305. The smallest absolute Gasteiger partial charge is 0.222 e. The molecule has 4 nitrogen and oxygen atoms in total. The van der Waals surface area contributed by atoms with Gasteiger partial charge in [0.25, 0.3) is 0 Å². The topological polar surface area (TPSA) is 49.6 Å². The van der Waals surface area contributed by atoms with Crippen LogP contribution in [0.1, 0.15) is 32.1 Å². The zero-order valence-electron chi connectivity index (χ0n) is 10.7. The summed E-state index contributed by atoms with van der Waals surface area (Å²) < 4.78 is 0. The van der Waals surface area contributed by atoms with Crippen molar-refractivity contribution < 1.29 is 4.79 Å². The molecule has 2 aliphatic heterocycles. The van der Waals surface area contributed by atoms with E-state index in [1.165, 1.54) is 38.9 Å². The van der Waals surface area contributed by atoms with Crippen LogP contribution in [-0.4, -0.2) is 55.0 Å². The lowest BCUT2D eigenvalue weighted by Crippen LogP contribution is -2.32. The van der Waals surface area contributed by atoms with Crippen molar-refractivity contribution in [2.45, 2.75) is 32.1 Å². The van der Waals surface area contributed by atoms with Gasteiger partial charge in [0, 0.05) is 26.1 Å². The summed E-state index contributed by atoms with van der Waals surface area (Å²) in [6, 6.07) is 0. The first-order valence-electron chi connectivity index (χ1n) is 7.00. The van der Waals surface area contributed by atoms with Gasteiger partial charge in [0.2, 0.25) is 5.91 Å². The first-order valence-corrected chi connectivity index (χ1v) is 7.00. The molecule has 0 aromatic carbocycles. The minimum Gasteiger partial charge on any atom is -0.342 e. The average Bonchev–Trinajstić information content (AvgIpc) is 2.98. The Balaban J connectivity index is 1.69.